The van der Waals surface area contributed by atoms with Gasteiger partial charge in [0.2, 0.25) is 5.91 Å². The van der Waals surface area contributed by atoms with E-state index >= 15 is 0 Å². The number of amides is 1. The van der Waals surface area contributed by atoms with Gasteiger partial charge in [-0.3, -0.25) is 4.79 Å². The largest absolute Gasteiger partial charge is 0.478 e. The first-order valence-corrected chi connectivity index (χ1v) is 6.47. The Morgan fingerprint density at radius 2 is 2.11 bits per heavy atom. The Labute approximate surface area is 121 Å². The van der Waals surface area contributed by atoms with E-state index in [1.807, 2.05) is 0 Å². The highest BCUT2D eigenvalue weighted by Gasteiger charge is 2.06. The highest BCUT2D eigenvalue weighted by Crippen LogP contribution is 2.10. The van der Waals surface area contributed by atoms with Gasteiger partial charge in [0.1, 0.15) is 0 Å². The van der Waals surface area contributed by atoms with Gasteiger partial charge in [0.25, 0.3) is 0 Å². The van der Waals surface area contributed by atoms with Gasteiger partial charge in [-0.1, -0.05) is 6.07 Å². The smallest absolute Gasteiger partial charge is 0.335 e. The van der Waals surface area contributed by atoms with Crippen molar-refractivity contribution >= 4 is 46.5 Å². The summed E-state index contributed by atoms with van der Waals surface area (Å²) >= 11 is 10.4. The molecule has 0 fully saturated rings. The topological polar surface area (TPSA) is 78.4 Å². The van der Waals surface area contributed by atoms with Crippen molar-refractivity contribution in [3.8, 4) is 0 Å². The van der Waals surface area contributed by atoms with Crippen LogP contribution in [0.15, 0.2) is 24.3 Å². The van der Waals surface area contributed by atoms with E-state index < -0.39 is 5.97 Å². The maximum absolute atomic E-state index is 11.4. The lowest BCUT2D eigenvalue weighted by Crippen LogP contribution is -2.34. The van der Waals surface area contributed by atoms with Gasteiger partial charge in [-0.15, -0.1) is 11.6 Å². The first-order chi connectivity index (χ1) is 9.02. The molecule has 1 aromatic rings. The fourth-order valence-corrected chi connectivity index (χ4v) is 1.67. The van der Waals surface area contributed by atoms with Crippen molar-refractivity contribution in [2.75, 3.05) is 11.2 Å². The molecule has 5 nitrogen and oxygen atoms in total. The van der Waals surface area contributed by atoms with E-state index in [0.29, 0.717) is 24.4 Å². The summed E-state index contributed by atoms with van der Waals surface area (Å²) in [7, 11) is 0. The Balaban J connectivity index is 2.55. The number of hydrogen-bond acceptors (Lipinski definition) is 3. The molecule has 0 radical (unpaired) electrons. The zero-order chi connectivity index (χ0) is 14.3. The molecule has 0 bridgehead atoms. The van der Waals surface area contributed by atoms with Crippen molar-refractivity contribution < 1.29 is 14.7 Å². The third-order valence-electron chi connectivity index (χ3n) is 2.16. The first-order valence-electron chi connectivity index (χ1n) is 5.53. The molecule has 0 aromatic heterocycles. The van der Waals surface area contributed by atoms with Crippen LogP contribution in [0.4, 0.5) is 5.69 Å². The Morgan fingerprint density at radius 3 is 2.74 bits per heavy atom. The predicted octanol–water partition coefficient (Wildman–Crippen LogP) is 2.22. The molecule has 0 saturated carbocycles. The molecule has 1 rings (SSSR count). The van der Waals surface area contributed by atoms with E-state index in [4.69, 9.17) is 28.9 Å². The minimum atomic E-state index is -1.03. The number of carboxylic acid groups (broad SMARTS) is 1. The third-order valence-corrected chi connectivity index (χ3v) is 2.63. The minimum Gasteiger partial charge on any atom is -0.478 e. The van der Waals surface area contributed by atoms with E-state index in [9.17, 15) is 9.59 Å². The summed E-state index contributed by atoms with van der Waals surface area (Å²) < 4.78 is 0. The summed E-state index contributed by atoms with van der Waals surface area (Å²) in [6, 6.07) is 6.14. The molecule has 7 heteroatoms. The first kappa shape index (κ1) is 15.4. The summed E-state index contributed by atoms with van der Waals surface area (Å²) in [5.74, 6) is -0.845. The van der Waals surface area contributed by atoms with Crippen molar-refractivity contribution in [3.63, 3.8) is 0 Å². The van der Waals surface area contributed by atoms with Crippen LogP contribution in [0.2, 0.25) is 0 Å². The van der Waals surface area contributed by atoms with E-state index in [1.165, 1.54) is 12.1 Å². The quantitative estimate of drug-likeness (QED) is 0.574. The highest BCUT2D eigenvalue weighted by atomic mass is 35.5. The van der Waals surface area contributed by atoms with Crippen molar-refractivity contribution in [1.29, 1.82) is 0 Å². The SMILES string of the molecule is O=C(CCCCl)NC(=S)Nc1cccc(C(=O)O)c1. The van der Waals surface area contributed by atoms with Gasteiger partial charge in [-0.25, -0.2) is 4.79 Å². The number of aromatic carboxylic acids is 1. The van der Waals surface area contributed by atoms with Gasteiger partial charge in [-0.05, 0) is 36.8 Å². The molecule has 19 heavy (non-hydrogen) atoms. The Bertz CT molecular complexity index is 494. The van der Waals surface area contributed by atoms with Crippen molar-refractivity contribution in [1.82, 2.24) is 5.32 Å². The molecule has 0 aliphatic rings. The number of thiocarbonyl (C=S) groups is 1. The summed E-state index contributed by atoms with van der Waals surface area (Å²) in [6.45, 7) is 0. The van der Waals surface area contributed by atoms with Gasteiger partial charge >= 0.3 is 5.97 Å². The Kier molecular flexibility index (Phi) is 6.24. The molecule has 0 atom stereocenters. The van der Waals surface area contributed by atoms with Crippen LogP contribution in [-0.2, 0) is 4.79 Å². The number of carboxylic acids is 1. The third kappa shape index (κ3) is 5.67. The van der Waals surface area contributed by atoms with Crippen LogP contribution in [0.5, 0.6) is 0 Å². The average molecular weight is 301 g/mol. The van der Waals surface area contributed by atoms with Crippen molar-refractivity contribution in [2.45, 2.75) is 12.8 Å². The van der Waals surface area contributed by atoms with E-state index in [-0.39, 0.29) is 16.6 Å². The summed E-state index contributed by atoms with van der Waals surface area (Å²) in [5, 5.41) is 14.2. The molecule has 0 spiro atoms. The molecule has 3 N–H and O–H groups in total. The molecule has 0 saturated heterocycles. The van der Waals surface area contributed by atoms with Gasteiger partial charge in [0, 0.05) is 18.0 Å². The van der Waals surface area contributed by atoms with Crippen LogP contribution in [0, 0.1) is 0 Å². The normalized spacial score (nSPS) is 9.74. The Hall–Kier alpha value is -1.66. The fraction of sp³-hybridized carbons (Fsp3) is 0.250. The van der Waals surface area contributed by atoms with E-state index in [1.54, 1.807) is 12.1 Å². The van der Waals surface area contributed by atoms with Crippen LogP contribution in [0.3, 0.4) is 0 Å². The molecule has 1 amide bonds. The van der Waals surface area contributed by atoms with Crippen LogP contribution in [0.1, 0.15) is 23.2 Å². The molecule has 1 aromatic carbocycles. The molecule has 0 heterocycles. The number of benzene rings is 1. The number of alkyl halides is 1. The maximum atomic E-state index is 11.4. The van der Waals surface area contributed by atoms with Gasteiger partial charge < -0.3 is 15.7 Å². The van der Waals surface area contributed by atoms with Gasteiger partial charge in [-0.2, -0.15) is 0 Å². The molecule has 0 aliphatic heterocycles. The Morgan fingerprint density at radius 1 is 1.37 bits per heavy atom. The van der Waals surface area contributed by atoms with Crippen LogP contribution >= 0.6 is 23.8 Å². The number of anilines is 1. The second-order valence-corrected chi connectivity index (χ2v) is 4.47. The lowest BCUT2D eigenvalue weighted by molar-refractivity contribution is -0.119. The zero-order valence-electron chi connectivity index (χ0n) is 9.98. The molecule has 0 aliphatic carbocycles. The summed E-state index contributed by atoms with van der Waals surface area (Å²) in [5.41, 5.74) is 0.642. The lowest BCUT2D eigenvalue weighted by Gasteiger charge is -2.09. The van der Waals surface area contributed by atoms with Crippen LogP contribution in [-0.4, -0.2) is 28.0 Å². The molecule has 102 valence electrons. The second kappa shape index (κ2) is 7.70. The monoisotopic (exact) mass is 300 g/mol. The van der Waals surface area contributed by atoms with E-state index in [2.05, 4.69) is 10.6 Å². The van der Waals surface area contributed by atoms with Crippen molar-refractivity contribution in [3.05, 3.63) is 29.8 Å². The highest BCUT2D eigenvalue weighted by molar-refractivity contribution is 7.80. The van der Waals surface area contributed by atoms with E-state index in [0.717, 1.165) is 0 Å². The van der Waals surface area contributed by atoms with Gasteiger partial charge in [0.05, 0.1) is 5.56 Å². The van der Waals surface area contributed by atoms with Crippen molar-refractivity contribution in [2.24, 2.45) is 0 Å². The summed E-state index contributed by atoms with van der Waals surface area (Å²) in [6.07, 6.45) is 0.866. The molecule has 0 unspecified atom stereocenters. The number of carbonyl (C=O) groups excluding carboxylic acids is 1. The molecular weight excluding hydrogens is 288 g/mol. The van der Waals surface area contributed by atoms with Crippen LogP contribution < -0.4 is 10.6 Å². The second-order valence-electron chi connectivity index (χ2n) is 3.68. The van der Waals surface area contributed by atoms with Gasteiger partial charge in [0.15, 0.2) is 5.11 Å². The number of nitrogens with one attached hydrogen (secondary N) is 2. The summed E-state index contributed by atoms with van der Waals surface area (Å²) in [4.78, 5) is 22.2. The number of carbonyl (C=O) groups is 2. The van der Waals surface area contributed by atoms with Crippen LogP contribution in [0.25, 0.3) is 0 Å². The maximum Gasteiger partial charge on any atom is 0.335 e. The number of rotatable bonds is 5. The standard InChI is InChI=1S/C12H13ClN2O3S/c13-6-2-5-10(16)15-12(19)14-9-4-1-3-8(7-9)11(17)18/h1,3-4,7H,2,5-6H2,(H,17,18)(H2,14,15,16,19). The fourth-order valence-electron chi connectivity index (χ4n) is 1.31. The predicted molar refractivity (Wildman–Crippen MR) is 77.7 cm³/mol. The zero-order valence-corrected chi connectivity index (χ0v) is 11.6. The number of halogens is 1. The minimum absolute atomic E-state index is 0.127. The average Bonchev–Trinajstić information content (AvgIpc) is 2.36. The lowest BCUT2D eigenvalue weighted by atomic mass is 10.2. The number of hydrogen-bond donors (Lipinski definition) is 3. The molecular formula is C12H13ClN2O3S.